The van der Waals surface area contributed by atoms with Crippen molar-refractivity contribution in [1.29, 1.82) is 0 Å². The molecule has 2 N–H and O–H groups in total. The van der Waals surface area contributed by atoms with Gasteiger partial charge in [-0.15, -0.1) is 0 Å². The SMILES string of the molecule is O=C(O)c1cc(NC(=O)C2COCCO2)ccc1Br. The number of carboxylic acid groups (broad SMARTS) is 1. The van der Waals surface area contributed by atoms with Crippen molar-refractivity contribution in [2.45, 2.75) is 6.10 Å². The summed E-state index contributed by atoms with van der Waals surface area (Å²) >= 11 is 3.14. The smallest absolute Gasteiger partial charge is 0.336 e. The van der Waals surface area contributed by atoms with Gasteiger partial charge < -0.3 is 19.9 Å². The highest BCUT2D eigenvalue weighted by Gasteiger charge is 2.23. The zero-order chi connectivity index (χ0) is 13.8. The number of hydrogen-bond acceptors (Lipinski definition) is 4. The third kappa shape index (κ3) is 3.52. The lowest BCUT2D eigenvalue weighted by molar-refractivity contribution is -0.142. The van der Waals surface area contributed by atoms with Crippen molar-refractivity contribution in [3.05, 3.63) is 28.2 Å². The second kappa shape index (κ2) is 6.14. The first kappa shape index (κ1) is 14.0. The number of hydrogen-bond donors (Lipinski definition) is 2. The van der Waals surface area contributed by atoms with Crippen LogP contribution in [0.25, 0.3) is 0 Å². The van der Waals surface area contributed by atoms with Gasteiger partial charge in [0.15, 0.2) is 6.10 Å². The average molecular weight is 330 g/mol. The number of amides is 1. The van der Waals surface area contributed by atoms with Crippen LogP contribution in [0, 0.1) is 0 Å². The molecule has 1 heterocycles. The Balaban J connectivity index is 2.08. The van der Waals surface area contributed by atoms with Crippen molar-refractivity contribution in [3.8, 4) is 0 Å². The van der Waals surface area contributed by atoms with Crippen LogP contribution in [0.5, 0.6) is 0 Å². The maximum atomic E-state index is 11.9. The fourth-order valence-corrected chi connectivity index (χ4v) is 2.05. The summed E-state index contributed by atoms with van der Waals surface area (Å²) in [5.74, 6) is -1.42. The highest BCUT2D eigenvalue weighted by Crippen LogP contribution is 2.21. The predicted molar refractivity (Wildman–Crippen MR) is 70.3 cm³/mol. The molecule has 1 saturated heterocycles. The second-order valence-electron chi connectivity index (χ2n) is 3.92. The van der Waals surface area contributed by atoms with Gasteiger partial charge >= 0.3 is 5.97 Å². The van der Waals surface area contributed by atoms with Crippen LogP contribution >= 0.6 is 15.9 Å². The van der Waals surface area contributed by atoms with Crippen LogP contribution in [0.4, 0.5) is 5.69 Å². The number of nitrogens with one attached hydrogen (secondary N) is 1. The zero-order valence-electron chi connectivity index (χ0n) is 9.89. The Bertz CT molecular complexity index is 499. The summed E-state index contributed by atoms with van der Waals surface area (Å²) in [6.07, 6.45) is -0.661. The molecule has 1 aliphatic heterocycles. The van der Waals surface area contributed by atoms with Crippen LogP contribution in [0.2, 0.25) is 0 Å². The number of benzene rings is 1. The average Bonchev–Trinajstić information content (AvgIpc) is 2.41. The molecule has 1 fully saturated rings. The summed E-state index contributed by atoms with van der Waals surface area (Å²) in [5, 5.41) is 11.6. The van der Waals surface area contributed by atoms with E-state index in [0.29, 0.717) is 23.4 Å². The Hall–Kier alpha value is -1.44. The van der Waals surface area contributed by atoms with E-state index in [1.165, 1.54) is 6.07 Å². The Labute approximate surface area is 117 Å². The van der Waals surface area contributed by atoms with E-state index in [1.807, 2.05) is 0 Å². The van der Waals surface area contributed by atoms with E-state index in [0.717, 1.165) is 0 Å². The van der Waals surface area contributed by atoms with Gasteiger partial charge in [0, 0.05) is 10.2 Å². The number of aromatic carboxylic acids is 1. The maximum absolute atomic E-state index is 11.9. The molecule has 1 atom stereocenters. The Morgan fingerprint density at radius 2 is 2.16 bits per heavy atom. The summed E-state index contributed by atoms with van der Waals surface area (Å²) in [6, 6.07) is 4.56. The van der Waals surface area contributed by atoms with E-state index in [9.17, 15) is 9.59 Å². The fourth-order valence-electron chi connectivity index (χ4n) is 1.63. The Kier molecular flexibility index (Phi) is 4.52. The van der Waals surface area contributed by atoms with Crippen molar-refractivity contribution in [2.75, 3.05) is 25.1 Å². The van der Waals surface area contributed by atoms with E-state index >= 15 is 0 Å². The maximum Gasteiger partial charge on any atom is 0.336 e. The molecule has 0 bridgehead atoms. The van der Waals surface area contributed by atoms with Gasteiger partial charge in [-0.1, -0.05) is 0 Å². The Morgan fingerprint density at radius 3 is 2.79 bits per heavy atom. The van der Waals surface area contributed by atoms with Gasteiger partial charge in [0.25, 0.3) is 5.91 Å². The summed E-state index contributed by atoms with van der Waals surface area (Å²) in [5.41, 5.74) is 0.485. The number of ether oxygens (including phenoxy) is 2. The van der Waals surface area contributed by atoms with E-state index in [1.54, 1.807) is 12.1 Å². The highest BCUT2D eigenvalue weighted by atomic mass is 79.9. The first-order valence-electron chi connectivity index (χ1n) is 5.61. The summed E-state index contributed by atoms with van der Waals surface area (Å²) < 4.78 is 10.8. The summed E-state index contributed by atoms with van der Waals surface area (Å²) in [7, 11) is 0. The van der Waals surface area contributed by atoms with Gasteiger partial charge in [-0.3, -0.25) is 4.79 Å². The van der Waals surface area contributed by atoms with E-state index < -0.39 is 12.1 Å². The van der Waals surface area contributed by atoms with Crippen molar-refractivity contribution in [3.63, 3.8) is 0 Å². The number of carbonyl (C=O) groups excluding carboxylic acids is 1. The zero-order valence-corrected chi connectivity index (χ0v) is 11.5. The predicted octanol–water partition coefficient (Wildman–Crippen LogP) is 1.50. The van der Waals surface area contributed by atoms with Gasteiger partial charge in [-0.05, 0) is 34.1 Å². The molecule has 0 saturated carbocycles. The van der Waals surface area contributed by atoms with Crippen molar-refractivity contribution in [1.82, 2.24) is 0 Å². The molecule has 102 valence electrons. The van der Waals surface area contributed by atoms with Gasteiger partial charge in [-0.25, -0.2) is 4.79 Å². The molecular weight excluding hydrogens is 318 g/mol. The lowest BCUT2D eigenvalue weighted by Gasteiger charge is -2.22. The number of anilines is 1. The van der Waals surface area contributed by atoms with Crippen LogP contribution < -0.4 is 5.32 Å². The first-order valence-corrected chi connectivity index (χ1v) is 6.40. The number of carbonyl (C=O) groups is 2. The van der Waals surface area contributed by atoms with Crippen molar-refractivity contribution in [2.24, 2.45) is 0 Å². The molecule has 0 radical (unpaired) electrons. The van der Waals surface area contributed by atoms with Crippen LogP contribution in [0.1, 0.15) is 10.4 Å². The minimum absolute atomic E-state index is 0.0820. The van der Waals surface area contributed by atoms with Gasteiger partial charge in [-0.2, -0.15) is 0 Å². The second-order valence-corrected chi connectivity index (χ2v) is 4.78. The van der Waals surface area contributed by atoms with Gasteiger partial charge in [0.05, 0.1) is 25.4 Å². The lowest BCUT2D eigenvalue weighted by atomic mass is 10.2. The van der Waals surface area contributed by atoms with Crippen LogP contribution in [0.15, 0.2) is 22.7 Å². The van der Waals surface area contributed by atoms with Crippen LogP contribution in [-0.4, -0.2) is 42.9 Å². The topological polar surface area (TPSA) is 84.9 Å². The Morgan fingerprint density at radius 1 is 1.37 bits per heavy atom. The molecule has 1 amide bonds. The monoisotopic (exact) mass is 329 g/mol. The van der Waals surface area contributed by atoms with E-state index in [4.69, 9.17) is 14.6 Å². The molecule has 2 rings (SSSR count). The number of carboxylic acids is 1. The van der Waals surface area contributed by atoms with E-state index in [2.05, 4.69) is 21.2 Å². The van der Waals surface area contributed by atoms with E-state index in [-0.39, 0.29) is 18.1 Å². The number of rotatable bonds is 3. The van der Waals surface area contributed by atoms with Gasteiger partial charge in [0.1, 0.15) is 0 Å². The van der Waals surface area contributed by atoms with Crippen LogP contribution in [0.3, 0.4) is 0 Å². The standard InChI is InChI=1S/C12H12BrNO5/c13-9-2-1-7(5-8(9)12(16)17)14-11(15)10-6-18-3-4-19-10/h1-2,5,10H,3-4,6H2,(H,14,15)(H,16,17). The molecule has 1 aromatic rings. The molecule has 6 nitrogen and oxygen atoms in total. The van der Waals surface area contributed by atoms with Crippen molar-refractivity contribution < 1.29 is 24.2 Å². The molecule has 1 aliphatic rings. The molecule has 7 heteroatoms. The molecule has 0 aliphatic carbocycles. The number of halogens is 1. The largest absolute Gasteiger partial charge is 0.478 e. The van der Waals surface area contributed by atoms with Crippen LogP contribution in [-0.2, 0) is 14.3 Å². The van der Waals surface area contributed by atoms with Crippen molar-refractivity contribution >= 4 is 33.5 Å². The molecule has 1 unspecified atom stereocenters. The lowest BCUT2D eigenvalue weighted by Crippen LogP contribution is -2.39. The third-order valence-corrected chi connectivity index (χ3v) is 3.26. The molecular formula is C12H12BrNO5. The minimum atomic E-state index is -1.07. The quantitative estimate of drug-likeness (QED) is 0.877. The molecule has 0 spiro atoms. The highest BCUT2D eigenvalue weighted by molar-refractivity contribution is 9.10. The third-order valence-electron chi connectivity index (χ3n) is 2.57. The molecule has 1 aromatic carbocycles. The summed E-state index contributed by atoms with van der Waals surface area (Å²) in [4.78, 5) is 22.8. The fraction of sp³-hybridized carbons (Fsp3) is 0.333. The minimum Gasteiger partial charge on any atom is -0.478 e. The normalized spacial score (nSPS) is 18.9. The summed E-state index contributed by atoms with van der Waals surface area (Å²) in [6.45, 7) is 1.05. The molecule has 0 aromatic heterocycles. The molecule has 19 heavy (non-hydrogen) atoms. The van der Waals surface area contributed by atoms with Gasteiger partial charge in [0.2, 0.25) is 0 Å². The first-order chi connectivity index (χ1) is 9.08.